The van der Waals surface area contributed by atoms with Gasteiger partial charge in [0.05, 0.1) is 5.69 Å². The molecule has 6 rings (SSSR count). The molecule has 1 heterocycles. The molecule has 0 bridgehead atoms. The van der Waals surface area contributed by atoms with Gasteiger partial charge in [-0.1, -0.05) is 36.8 Å². The van der Waals surface area contributed by atoms with Crippen LogP contribution in [0.1, 0.15) is 68.9 Å². The topological polar surface area (TPSA) is 62.2 Å². The van der Waals surface area contributed by atoms with Gasteiger partial charge >= 0.3 is 12.1 Å². The van der Waals surface area contributed by atoms with Crippen molar-refractivity contribution >= 4 is 11.5 Å². The van der Waals surface area contributed by atoms with Crippen molar-refractivity contribution in [2.75, 3.05) is 5.32 Å². The molecule has 5 atom stereocenters. The van der Waals surface area contributed by atoms with Crippen molar-refractivity contribution in [3.8, 4) is 0 Å². The summed E-state index contributed by atoms with van der Waals surface area (Å²) in [5, 5.41) is 14.7. The highest BCUT2D eigenvalue weighted by molar-refractivity contribution is 5.93. The molecule has 2 aromatic rings. The van der Waals surface area contributed by atoms with Gasteiger partial charge in [-0.05, 0) is 90.8 Å². The number of aliphatic hydroxyl groups is 1. The highest BCUT2D eigenvalue weighted by Gasteiger charge is 2.79. The Hall–Kier alpha value is -3.07. The van der Waals surface area contributed by atoms with Crippen LogP contribution >= 0.6 is 0 Å². The molecule has 2 N–H and O–H groups in total. The minimum Gasteiger partial charge on any atom is -0.383 e. The Morgan fingerprint density at radius 2 is 1.80 bits per heavy atom. The lowest BCUT2D eigenvalue weighted by Gasteiger charge is -2.56. The molecule has 0 unspecified atom stereocenters. The Morgan fingerprint density at radius 1 is 1.05 bits per heavy atom. The molecule has 2 saturated carbocycles. The van der Waals surface area contributed by atoms with Gasteiger partial charge in [0.2, 0.25) is 0 Å². The van der Waals surface area contributed by atoms with Crippen LogP contribution in [0.4, 0.5) is 27.6 Å². The van der Waals surface area contributed by atoms with Crippen LogP contribution in [0.3, 0.4) is 0 Å². The maximum atomic E-state index is 15.1. The molecule has 9 heteroatoms. The Labute approximate surface area is 235 Å². The first kappa shape index (κ1) is 28.1. The van der Waals surface area contributed by atoms with Crippen molar-refractivity contribution < 1.29 is 31.9 Å². The first-order chi connectivity index (χ1) is 19.4. The second kappa shape index (κ2) is 9.75. The van der Waals surface area contributed by atoms with Gasteiger partial charge in [-0.2, -0.15) is 22.0 Å². The van der Waals surface area contributed by atoms with E-state index in [4.69, 9.17) is 0 Å². The highest BCUT2D eigenvalue weighted by atomic mass is 19.4. The maximum absolute atomic E-state index is 15.1. The molecule has 0 radical (unpaired) electrons. The fraction of sp³-hybridized carbons (Fsp3) is 0.500. The molecule has 0 amide bonds. The van der Waals surface area contributed by atoms with Crippen molar-refractivity contribution in [2.45, 2.75) is 82.0 Å². The van der Waals surface area contributed by atoms with Gasteiger partial charge in [0.25, 0.3) is 0 Å². The summed E-state index contributed by atoms with van der Waals surface area (Å²) < 4.78 is 71.5. The number of allylic oxidation sites excluding steroid dienone is 4. The summed E-state index contributed by atoms with van der Waals surface area (Å²) in [6, 6.07) is 11.4. The smallest absolute Gasteiger partial charge is 0.383 e. The molecule has 4 aliphatic rings. The van der Waals surface area contributed by atoms with Crippen LogP contribution in [-0.4, -0.2) is 33.6 Å². The van der Waals surface area contributed by atoms with E-state index in [-0.39, 0.29) is 24.5 Å². The Balaban J connectivity index is 1.41. The third kappa shape index (κ3) is 4.34. The van der Waals surface area contributed by atoms with E-state index in [1.54, 1.807) is 18.5 Å². The molecular weight excluding hydrogens is 539 g/mol. The monoisotopic (exact) mass is 572 g/mol. The number of fused-ring (bicyclic) bond motifs is 4. The van der Waals surface area contributed by atoms with E-state index in [9.17, 15) is 23.1 Å². The lowest BCUT2D eigenvalue weighted by molar-refractivity contribution is -0.362. The third-order valence-corrected chi connectivity index (χ3v) is 10.3. The van der Waals surface area contributed by atoms with Crippen LogP contribution in [0.2, 0.25) is 0 Å². The standard InChI is InChI=1S/C32H33F5N2O2/c1-29-16-26(20-6-4-19(5-7-20)17-39-22-3-2-14-38-18-22)28-24-11-9-23(40)15-21(24)8-10-25(28)27(29)12-13-30(29,41)31(33,34)32(35,36)37/h2-7,14-15,18,25-27,39,41H,8-13,16-17H2,1H3/t25-,26+,27-,29-,30+/m0/s1. The molecule has 1 aromatic heterocycles. The summed E-state index contributed by atoms with van der Waals surface area (Å²) >= 11 is 0. The van der Waals surface area contributed by atoms with Crippen LogP contribution in [0.5, 0.6) is 0 Å². The summed E-state index contributed by atoms with van der Waals surface area (Å²) in [5.41, 5.74) is 0.891. The largest absolute Gasteiger partial charge is 0.456 e. The van der Waals surface area contributed by atoms with Crippen molar-refractivity contribution in [1.29, 1.82) is 0 Å². The number of aromatic nitrogens is 1. The number of nitrogens with zero attached hydrogens (tertiary/aromatic N) is 1. The van der Waals surface area contributed by atoms with E-state index in [1.165, 1.54) is 6.92 Å². The second-order valence-electron chi connectivity index (χ2n) is 12.3. The number of carbonyl (C=O) groups excluding carboxylic acids is 1. The van der Waals surface area contributed by atoms with Crippen LogP contribution in [0, 0.1) is 17.3 Å². The van der Waals surface area contributed by atoms with Gasteiger partial charge in [-0.3, -0.25) is 9.78 Å². The fourth-order valence-electron chi connectivity index (χ4n) is 8.25. The molecule has 0 saturated heterocycles. The van der Waals surface area contributed by atoms with Crippen molar-refractivity contribution in [3.05, 3.63) is 82.7 Å². The van der Waals surface area contributed by atoms with Crippen molar-refractivity contribution in [2.24, 2.45) is 17.3 Å². The number of halogens is 5. The summed E-state index contributed by atoms with van der Waals surface area (Å²) in [6.45, 7) is 1.97. The Morgan fingerprint density at radius 3 is 2.49 bits per heavy atom. The van der Waals surface area contributed by atoms with Gasteiger partial charge in [0, 0.05) is 36.7 Å². The molecule has 4 aliphatic carbocycles. The van der Waals surface area contributed by atoms with Gasteiger partial charge in [-0.15, -0.1) is 0 Å². The van der Waals surface area contributed by atoms with E-state index in [0.717, 1.165) is 33.5 Å². The summed E-state index contributed by atoms with van der Waals surface area (Å²) in [7, 11) is 0. The number of carbonyl (C=O) groups is 1. The van der Waals surface area contributed by atoms with Crippen molar-refractivity contribution in [3.63, 3.8) is 0 Å². The van der Waals surface area contributed by atoms with Crippen LogP contribution in [0.15, 0.2) is 71.6 Å². The zero-order valence-corrected chi connectivity index (χ0v) is 22.8. The van der Waals surface area contributed by atoms with E-state index < -0.39 is 41.4 Å². The zero-order chi connectivity index (χ0) is 29.2. The molecule has 2 fully saturated rings. The first-order valence-electron chi connectivity index (χ1n) is 14.2. The Kier molecular flexibility index (Phi) is 6.67. The number of rotatable bonds is 5. The molecule has 218 valence electrons. The summed E-state index contributed by atoms with van der Waals surface area (Å²) in [4.78, 5) is 16.3. The molecule has 1 aromatic carbocycles. The summed E-state index contributed by atoms with van der Waals surface area (Å²) in [5.74, 6) is -6.37. The minimum absolute atomic E-state index is 0.0241. The van der Waals surface area contributed by atoms with Crippen LogP contribution < -0.4 is 5.32 Å². The van der Waals surface area contributed by atoms with E-state index in [2.05, 4.69) is 10.3 Å². The van der Waals surface area contributed by atoms with Gasteiger partial charge < -0.3 is 10.4 Å². The van der Waals surface area contributed by atoms with Crippen LogP contribution in [0.25, 0.3) is 0 Å². The van der Waals surface area contributed by atoms with E-state index in [0.29, 0.717) is 32.2 Å². The van der Waals surface area contributed by atoms with E-state index in [1.807, 2.05) is 36.4 Å². The number of hydrogen-bond donors (Lipinski definition) is 2. The number of pyridine rings is 1. The highest BCUT2D eigenvalue weighted by Crippen LogP contribution is 2.70. The number of alkyl halides is 5. The predicted octanol–water partition coefficient (Wildman–Crippen LogP) is 7.52. The predicted molar refractivity (Wildman–Crippen MR) is 144 cm³/mol. The molecule has 0 spiro atoms. The third-order valence-electron chi connectivity index (χ3n) is 10.3. The summed E-state index contributed by atoms with van der Waals surface area (Å²) in [6.07, 6.45) is 0.751. The SMILES string of the molecule is C[C@]12C[C@H](c3ccc(CNc4cccnc4)cc3)C3=C4CCC(=O)C=C4CC[C@H]3[C@@H]1CC[C@]2(O)C(F)(F)C(F)(F)F. The Bertz CT molecular complexity index is 1400. The fourth-order valence-corrected chi connectivity index (χ4v) is 8.25. The molecule has 41 heavy (non-hydrogen) atoms. The molecular formula is C32H33F5N2O2. The first-order valence-corrected chi connectivity index (χ1v) is 14.2. The second-order valence-corrected chi connectivity index (χ2v) is 12.3. The lowest BCUT2D eigenvalue weighted by atomic mass is 9.50. The normalized spacial score (nSPS) is 31.7. The van der Waals surface area contributed by atoms with E-state index >= 15 is 8.78 Å². The number of anilines is 1. The van der Waals surface area contributed by atoms with Gasteiger partial charge in [-0.25, -0.2) is 0 Å². The molecule has 4 nitrogen and oxygen atoms in total. The number of ketones is 1. The average Bonchev–Trinajstić information content (AvgIpc) is 3.23. The quantitative estimate of drug-likeness (QED) is 0.364. The number of benzene rings is 1. The van der Waals surface area contributed by atoms with Crippen molar-refractivity contribution in [1.82, 2.24) is 4.98 Å². The number of nitrogens with one attached hydrogen (secondary N) is 1. The van der Waals surface area contributed by atoms with Gasteiger partial charge in [0.15, 0.2) is 5.78 Å². The molecule has 0 aliphatic heterocycles. The lowest BCUT2D eigenvalue weighted by Crippen LogP contribution is -2.65. The zero-order valence-electron chi connectivity index (χ0n) is 22.8. The maximum Gasteiger partial charge on any atom is 0.456 e. The minimum atomic E-state index is -5.86. The number of hydrogen-bond acceptors (Lipinski definition) is 4. The average molecular weight is 573 g/mol. The van der Waals surface area contributed by atoms with Crippen LogP contribution in [-0.2, 0) is 11.3 Å². The van der Waals surface area contributed by atoms with Gasteiger partial charge in [0.1, 0.15) is 5.60 Å².